The fourth-order valence-corrected chi connectivity index (χ4v) is 3.85. The largest absolute Gasteiger partial charge is 0.459 e. The van der Waals surface area contributed by atoms with Crippen molar-refractivity contribution in [2.24, 2.45) is 11.8 Å². The maximum Gasteiger partial charge on any atom is 0.323 e. The average Bonchev–Trinajstić information content (AvgIpc) is 2.95. The number of hydrogen-bond acceptors (Lipinski definition) is 5. The second kappa shape index (κ2) is 10.2. The van der Waals surface area contributed by atoms with Gasteiger partial charge in [0, 0.05) is 38.4 Å². The number of esters is 1. The second-order valence-corrected chi connectivity index (χ2v) is 8.79. The molecule has 6 nitrogen and oxygen atoms in total. The third-order valence-corrected chi connectivity index (χ3v) is 5.15. The number of likely N-dealkylation sites (tertiary alicyclic amines) is 1. The van der Waals surface area contributed by atoms with Crippen molar-refractivity contribution < 1.29 is 19.1 Å². The highest BCUT2D eigenvalue weighted by molar-refractivity contribution is 5.84. The molecule has 156 valence electrons. The molecule has 0 aliphatic carbocycles. The van der Waals surface area contributed by atoms with Gasteiger partial charge in [0.1, 0.15) is 17.4 Å². The number of nitrogens with one attached hydrogen (secondary N) is 1. The molecule has 1 aliphatic heterocycles. The average molecular weight is 383 g/mol. The van der Waals surface area contributed by atoms with E-state index < -0.39 is 11.6 Å². The Balaban J connectivity index is 2.96. The molecule has 0 saturated carbocycles. The fraction of sp³-hybridized carbons (Fsp3) is 0.857. The van der Waals surface area contributed by atoms with Crippen molar-refractivity contribution >= 4 is 17.7 Å². The normalized spacial score (nSPS) is 22.9. The number of carbonyl (C=O) groups excluding carboxylic acids is 3. The Morgan fingerprint density at radius 3 is 2.33 bits per heavy atom. The van der Waals surface area contributed by atoms with Crippen molar-refractivity contribution in [1.82, 2.24) is 10.2 Å². The molecule has 1 amide bonds. The molecule has 0 aromatic carbocycles. The molecule has 1 heterocycles. The molecular formula is C21H38N2O4. The quantitative estimate of drug-likeness (QED) is 0.621. The van der Waals surface area contributed by atoms with Crippen molar-refractivity contribution in [2.75, 3.05) is 13.1 Å². The lowest BCUT2D eigenvalue weighted by atomic mass is 9.95. The van der Waals surface area contributed by atoms with Gasteiger partial charge in [-0.1, -0.05) is 20.3 Å². The molecule has 2 unspecified atom stereocenters. The van der Waals surface area contributed by atoms with E-state index in [1.165, 1.54) is 6.92 Å². The Kier molecular flexibility index (Phi) is 8.92. The first-order valence-corrected chi connectivity index (χ1v) is 10.2. The van der Waals surface area contributed by atoms with Gasteiger partial charge in [-0.15, -0.1) is 0 Å². The highest BCUT2D eigenvalue weighted by Crippen LogP contribution is 2.29. The Morgan fingerprint density at radius 1 is 1.22 bits per heavy atom. The van der Waals surface area contributed by atoms with E-state index in [0.717, 1.165) is 12.8 Å². The zero-order valence-electron chi connectivity index (χ0n) is 18.1. The molecule has 1 fully saturated rings. The van der Waals surface area contributed by atoms with E-state index in [1.807, 2.05) is 34.6 Å². The van der Waals surface area contributed by atoms with Gasteiger partial charge in [-0.2, -0.15) is 0 Å². The van der Waals surface area contributed by atoms with Crippen molar-refractivity contribution in [2.45, 2.75) is 91.8 Å². The van der Waals surface area contributed by atoms with Crippen LogP contribution in [0.5, 0.6) is 0 Å². The monoisotopic (exact) mass is 382 g/mol. The lowest BCUT2D eigenvalue weighted by molar-refractivity contribution is -0.160. The van der Waals surface area contributed by atoms with Crippen molar-refractivity contribution in [3.8, 4) is 0 Å². The summed E-state index contributed by atoms with van der Waals surface area (Å²) in [5.74, 6) is 0.00211. The van der Waals surface area contributed by atoms with Gasteiger partial charge in [0.05, 0.1) is 0 Å². The smallest absolute Gasteiger partial charge is 0.323 e. The number of Topliss-reactive ketones (excluding diaryl/α,β-unsaturated/α-hetero) is 1. The summed E-state index contributed by atoms with van der Waals surface area (Å²) in [4.78, 5) is 38.6. The van der Waals surface area contributed by atoms with E-state index in [9.17, 15) is 14.4 Å². The molecule has 1 saturated heterocycles. The van der Waals surface area contributed by atoms with Gasteiger partial charge in [0.15, 0.2) is 0 Å². The predicted molar refractivity (Wildman–Crippen MR) is 106 cm³/mol. The molecule has 0 aromatic rings. The first-order valence-electron chi connectivity index (χ1n) is 10.2. The Labute approximate surface area is 164 Å². The van der Waals surface area contributed by atoms with Crippen LogP contribution in [0.2, 0.25) is 0 Å². The first-order chi connectivity index (χ1) is 12.5. The summed E-state index contributed by atoms with van der Waals surface area (Å²) in [6, 6.07) is -0.378. The lowest BCUT2D eigenvalue weighted by Crippen LogP contribution is -2.47. The number of amides is 1. The second-order valence-electron chi connectivity index (χ2n) is 8.79. The third-order valence-electron chi connectivity index (χ3n) is 5.15. The van der Waals surface area contributed by atoms with Gasteiger partial charge < -0.3 is 10.1 Å². The van der Waals surface area contributed by atoms with Crippen LogP contribution in [-0.2, 0) is 19.1 Å². The maximum absolute atomic E-state index is 12.8. The molecule has 1 aliphatic rings. The summed E-state index contributed by atoms with van der Waals surface area (Å²) < 4.78 is 5.62. The highest BCUT2D eigenvalue weighted by atomic mass is 16.6. The van der Waals surface area contributed by atoms with Crippen molar-refractivity contribution in [3.05, 3.63) is 0 Å². The van der Waals surface area contributed by atoms with Crippen LogP contribution in [0.25, 0.3) is 0 Å². The number of nitrogens with zero attached hydrogens (tertiary/aromatic N) is 1. The van der Waals surface area contributed by atoms with Crippen LogP contribution in [0, 0.1) is 11.8 Å². The van der Waals surface area contributed by atoms with Gasteiger partial charge in [-0.25, -0.2) is 0 Å². The molecule has 0 aromatic heterocycles. The van der Waals surface area contributed by atoms with Crippen LogP contribution >= 0.6 is 0 Å². The van der Waals surface area contributed by atoms with E-state index in [0.29, 0.717) is 25.9 Å². The molecule has 0 radical (unpaired) electrons. The zero-order chi connectivity index (χ0) is 20.8. The van der Waals surface area contributed by atoms with Crippen LogP contribution < -0.4 is 5.32 Å². The van der Waals surface area contributed by atoms with Gasteiger partial charge in [-0.05, 0) is 46.5 Å². The maximum atomic E-state index is 12.8. The molecule has 0 bridgehead atoms. The van der Waals surface area contributed by atoms with Gasteiger partial charge in [-0.3, -0.25) is 19.3 Å². The van der Waals surface area contributed by atoms with E-state index in [4.69, 9.17) is 4.74 Å². The molecule has 0 spiro atoms. The first kappa shape index (κ1) is 23.6. The van der Waals surface area contributed by atoms with Crippen LogP contribution in [0.3, 0.4) is 0 Å². The van der Waals surface area contributed by atoms with Gasteiger partial charge in [0.2, 0.25) is 5.91 Å². The molecule has 6 heteroatoms. The SMILES string of the molecule is CCCC(CN1C[C@H](C(=O)CC)C[C@@H]1C(=O)OC(C)(C)C)C(C)NC(C)=O. The molecular weight excluding hydrogens is 344 g/mol. The lowest BCUT2D eigenvalue weighted by Gasteiger charge is -2.32. The Morgan fingerprint density at radius 2 is 1.85 bits per heavy atom. The van der Waals surface area contributed by atoms with E-state index in [-0.39, 0.29) is 35.5 Å². The minimum atomic E-state index is -0.554. The Hall–Kier alpha value is -1.43. The molecule has 1 rings (SSSR count). The van der Waals surface area contributed by atoms with E-state index in [1.54, 1.807) is 0 Å². The van der Waals surface area contributed by atoms with Crippen molar-refractivity contribution in [1.29, 1.82) is 0 Å². The van der Waals surface area contributed by atoms with Gasteiger partial charge in [0.25, 0.3) is 0 Å². The number of hydrogen-bond donors (Lipinski definition) is 1. The fourth-order valence-electron chi connectivity index (χ4n) is 3.85. The van der Waals surface area contributed by atoms with Crippen LogP contribution in [0.1, 0.15) is 74.1 Å². The number of rotatable bonds is 9. The Bertz CT molecular complexity index is 527. The highest BCUT2D eigenvalue weighted by Gasteiger charge is 2.42. The standard InChI is InChI=1S/C21H38N2O4/c1-8-10-16(14(3)22-15(4)24)12-23-13-17(19(25)9-2)11-18(23)20(26)27-21(5,6)7/h14,16-18H,8-13H2,1-7H3,(H,22,24)/t14?,16?,17-,18-/m1/s1. The summed E-state index contributed by atoms with van der Waals surface area (Å²) in [5, 5.41) is 2.98. The summed E-state index contributed by atoms with van der Waals surface area (Å²) in [5.41, 5.74) is -0.554. The minimum Gasteiger partial charge on any atom is -0.459 e. The summed E-state index contributed by atoms with van der Waals surface area (Å²) in [6.45, 7) is 14.4. The number of carbonyl (C=O) groups is 3. The molecule has 1 N–H and O–H groups in total. The zero-order valence-corrected chi connectivity index (χ0v) is 18.1. The summed E-state index contributed by atoms with van der Waals surface area (Å²) in [7, 11) is 0. The number of ether oxygens (including phenoxy) is 1. The van der Waals surface area contributed by atoms with E-state index >= 15 is 0 Å². The van der Waals surface area contributed by atoms with Crippen LogP contribution in [0.4, 0.5) is 0 Å². The van der Waals surface area contributed by atoms with Crippen LogP contribution in [0.15, 0.2) is 0 Å². The van der Waals surface area contributed by atoms with Gasteiger partial charge >= 0.3 is 5.97 Å². The van der Waals surface area contributed by atoms with Crippen LogP contribution in [-0.4, -0.2) is 53.3 Å². The summed E-state index contributed by atoms with van der Waals surface area (Å²) in [6.07, 6.45) is 2.96. The third kappa shape index (κ3) is 7.60. The topological polar surface area (TPSA) is 75.7 Å². The summed E-state index contributed by atoms with van der Waals surface area (Å²) >= 11 is 0. The minimum absolute atomic E-state index is 0.0164. The van der Waals surface area contributed by atoms with Crippen molar-refractivity contribution in [3.63, 3.8) is 0 Å². The van der Waals surface area contributed by atoms with E-state index in [2.05, 4.69) is 17.1 Å². The predicted octanol–water partition coefficient (Wildman–Crippen LogP) is 2.94. The molecule has 27 heavy (non-hydrogen) atoms. The molecule has 4 atom stereocenters. The number of ketones is 1.